The lowest BCUT2D eigenvalue weighted by Gasteiger charge is -2.35. The molecule has 16 nitrogen and oxygen atoms in total. The van der Waals surface area contributed by atoms with E-state index in [9.17, 15) is 24.3 Å². The molecule has 1 fully saturated rings. The highest BCUT2D eigenvalue weighted by Gasteiger charge is 2.45. The number of β-amino-alcohol motifs (C(OH)–C–C–N with tert-alkyl or cyclic N) is 1. The Morgan fingerprint density at radius 1 is 0.941 bits per heavy atom. The van der Waals surface area contributed by atoms with E-state index < -0.39 is 53.3 Å². The molecule has 3 amide bonds. The van der Waals surface area contributed by atoms with Crippen molar-refractivity contribution in [2.24, 2.45) is 10.4 Å². The number of nitrogens with one attached hydrogen (secondary N) is 2. The van der Waals surface area contributed by atoms with Crippen LogP contribution in [0.25, 0.3) is 37.7 Å². The zero-order valence-corrected chi connectivity index (χ0v) is 40.5. The zero-order chi connectivity index (χ0) is 48.2. The molecule has 4 atom stereocenters. The third kappa shape index (κ3) is 8.86. The molecule has 0 bridgehead atoms. The van der Waals surface area contributed by atoms with Crippen molar-refractivity contribution >= 4 is 63.2 Å². The van der Waals surface area contributed by atoms with Crippen LogP contribution in [0.2, 0.25) is 0 Å². The number of hydrogen-bond acceptors (Lipinski definition) is 14. The number of aromatic nitrogens is 5. The number of methoxy groups -OCH3 is 1. The van der Waals surface area contributed by atoms with E-state index in [1.807, 2.05) is 105 Å². The van der Waals surface area contributed by atoms with Gasteiger partial charge < -0.3 is 29.8 Å². The summed E-state index contributed by atoms with van der Waals surface area (Å²) in [6.07, 6.45) is -0.850. The van der Waals surface area contributed by atoms with Crippen LogP contribution in [0.5, 0.6) is 0 Å². The molecule has 3 unspecified atom stereocenters. The summed E-state index contributed by atoms with van der Waals surface area (Å²) < 4.78 is 13.0. The first-order valence-electron chi connectivity index (χ1n) is 22.2. The number of fused-ring (bicyclic) bond motifs is 4. The highest BCUT2D eigenvalue weighted by molar-refractivity contribution is 7.15. The van der Waals surface area contributed by atoms with Crippen LogP contribution in [0.15, 0.2) is 81.7 Å². The van der Waals surface area contributed by atoms with E-state index >= 15 is 0 Å². The van der Waals surface area contributed by atoms with E-state index in [2.05, 4.69) is 44.6 Å². The Morgan fingerprint density at radius 3 is 2.34 bits per heavy atom. The molecule has 9 rings (SSSR count). The molecular formula is C50H51N9O7S2. The average Bonchev–Trinajstić information content (AvgIpc) is 4.16. The Kier molecular flexibility index (Phi) is 12.4. The van der Waals surface area contributed by atoms with Crippen LogP contribution in [0.4, 0.5) is 0 Å². The smallest absolute Gasteiger partial charge is 0.308 e. The molecule has 68 heavy (non-hydrogen) atoms. The van der Waals surface area contributed by atoms with E-state index in [0.29, 0.717) is 22.7 Å². The van der Waals surface area contributed by atoms with E-state index in [0.717, 1.165) is 65.1 Å². The number of carbonyl (C=O) groups excluding carboxylic acids is 4. The summed E-state index contributed by atoms with van der Waals surface area (Å²) in [6.45, 7) is 13.6. The van der Waals surface area contributed by atoms with Gasteiger partial charge in [-0.2, -0.15) is 0 Å². The van der Waals surface area contributed by atoms with E-state index in [1.54, 1.807) is 28.7 Å². The van der Waals surface area contributed by atoms with Gasteiger partial charge in [0.15, 0.2) is 11.4 Å². The lowest BCUT2D eigenvalue weighted by molar-refractivity contribution is -0.142. The summed E-state index contributed by atoms with van der Waals surface area (Å²) in [5.74, 6) is -0.942. The number of oxazole rings is 1. The molecule has 3 N–H and O–H groups in total. The molecule has 0 saturated carbocycles. The van der Waals surface area contributed by atoms with E-state index in [4.69, 9.17) is 14.1 Å². The number of ether oxygens (including phenoxy) is 1. The minimum Gasteiger partial charge on any atom is -0.469 e. The highest BCUT2D eigenvalue weighted by Crippen LogP contribution is 2.40. The quantitative estimate of drug-likeness (QED) is 0.109. The molecule has 6 heterocycles. The molecule has 0 aliphatic carbocycles. The number of aryl methyl sites for hydroxylation is 3. The molecular weight excluding hydrogens is 903 g/mol. The standard InChI is InChI=1S/C50H51N9O7S2/c1-25-27(3)68-49-40(25)41(53-36(21-39(61)65-8)44-57-56-28(4)59(44)49)31-15-13-30(14-16-31)33-17-18-38-35(19-33)54-47(66-38)46(63)55-43(50(5,6)7)48(64)58-23-34(60)20-37(58)45(62)51-22-29-9-11-32(12-10-29)42-26(2)52-24-67-42/h9-19,24,34,36-37,43,60H,20-23H2,1-8H3,(H,51,62)(H,55,63)/t34-,36?,37?,43?/m1/s1. The second-order valence-electron chi connectivity index (χ2n) is 18.3. The maximum atomic E-state index is 14.3. The Balaban J connectivity index is 0.908. The van der Waals surface area contributed by atoms with Gasteiger partial charge in [0.1, 0.15) is 34.5 Å². The van der Waals surface area contributed by atoms with Crippen LogP contribution in [-0.4, -0.2) is 96.0 Å². The van der Waals surface area contributed by atoms with Crippen molar-refractivity contribution in [2.45, 2.75) is 92.1 Å². The maximum Gasteiger partial charge on any atom is 0.308 e. The number of thiophene rings is 1. The van der Waals surface area contributed by atoms with Gasteiger partial charge in [0.05, 0.1) is 41.4 Å². The van der Waals surface area contributed by atoms with Crippen LogP contribution in [0.3, 0.4) is 0 Å². The van der Waals surface area contributed by atoms with Crippen LogP contribution >= 0.6 is 22.7 Å². The molecule has 7 aromatic rings. The number of nitrogens with zero attached hydrogens (tertiary/aromatic N) is 7. The van der Waals surface area contributed by atoms with Gasteiger partial charge in [-0.1, -0.05) is 75.4 Å². The number of rotatable bonds is 11. The lowest BCUT2D eigenvalue weighted by Crippen LogP contribution is -2.57. The molecule has 0 radical (unpaired) electrons. The summed E-state index contributed by atoms with van der Waals surface area (Å²) in [7, 11) is 1.36. The van der Waals surface area contributed by atoms with Crippen molar-refractivity contribution in [3.05, 3.63) is 123 Å². The topological polar surface area (TPSA) is 207 Å². The summed E-state index contributed by atoms with van der Waals surface area (Å²) in [5, 5.41) is 26.2. The third-order valence-corrected chi connectivity index (χ3v) is 14.8. The summed E-state index contributed by atoms with van der Waals surface area (Å²) in [4.78, 5) is 72.0. The minimum absolute atomic E-state index is 0.00203. The van der Waals surface area contributed by atoms with Crippen molar-refractivity contribution in [1.29, 1.82) is 0 Å². The molecule has 2 aliphatic rings. The number of aliphatic imine (C=N–C) groups is 1. The third-order valence-electron chi connectivity index (χ3n) is 12.6. The van der Waals surface area contributed by atoms with Gasteiger partial charge in [-0.3, -0.25) is 28.7 Å². The molecule has 3 aromatic carbocycles. The number of carbonyl (C=O) groups is 4. The van der Waals surface area contributed by atoms with Crippen molar-refractivity contribution in [3.63, 3.8) is 0 Å². The molecule has 18 heteroatoms. The second kappa shape index (κ2) is 18.3. The van der Waals surface area contributed by atoms with Crippen molar-refractivity contribution in [3.8, 4) is 26.6 Å². The maximum absolute atomic E-state index is 14.3. The van der Waals surface area contributed by atoms with Crippen molar-refractivity contribution in [2.75, 3.05) is 13.7 Å². The molecule has 4 aromatic heterocycles. The predicted molar refractivity (Wildman–Crippen MR) is 259 cm³/mol. The Hall–Kier alpha value is -6.89. The molecule has 350 valence electrons. The van der Waals surface area contributed by atoms with Gasteiger partial charge >= 0.3 is 11.9 Å². The molecule has 0 spiro atoms. The largest absolute Gasteiger partial charge is 0.469 e. The lowest BCUT2D eigenvalue weighted by atomic mass is 9.85. The SMILES string of the molecule is COC(=O)CC1N=C(c2ccc(-c3ccc4oc(C(=O)NC(C(=O)N5C[C@H](O)CC5C(=O)NCc5ccc(-c6scnc6C)cc5)C(C)(C)C)nc4c3)cc2)c2c(sc(C)c2C)-n2c(C)nnc21. The number of amides is 3. The molecule has 1 saturated heterocycles. The fourth-order valence-corrected chi connectivity index (χ4v) is 10.8. The van der Waals surface area contributed by atoms with E-state index in [-0.39, 0.29) is 31.8 Å². The fourth-order valence-electron chi connectivity index (χ4n) is 8.76. The summed E-state index contributed by atoms with van der Waals surface area (Å²) >= 11 is 3.20. The van der Waals surface area contributed by atoms with Crippen LogP contribution < -0.4 is 10.6 Å². The number of aliphatic hydroxyl groups is 1. The Labute approximate surface area is 400 Å². The highest BCUT2D eigenvalue weighted by atomic mass is 32.1. The predicted octanol–water partition coefficient (Wildman–Crippen LogP) is 7.37. The van der Waals surface area contributed by atoms with Crippen molar-refractivity contribution in [1.82, 2.24) is 40.3 Å². The first kappa shape index (κ1) is 46.2. The van der Waals surface area contributed by atoms with Crippen LogP contribution in [0.1, 0.15) is 94.8 Å². The van der Waals surface area contributed by atoms with Gasteiger partial charge in [-0.05, 0) is 73.1 Å². The van der Waals surface area contributed by atoms with Gasteiger partial charge in [0, 0.05) is 35.5 Å². The number of aliphatic hydroxyl groups excluding tert-OH is 1. The zero-order valence-electron chi connectivity index (χ0n) is 38.9. The van der Waals surface area contributed by atoms with Crippen LogP contribution in [-0.2, 0) is 25.7 Å². The minimum atomic E-state index is -1.09. The number of benzene rings is 3. The van der Waals surface area contributed by atoms with Gasteiger partial charge in [-0.25, -0.2) is 9.97 Å². The number of thiazole rings is 1. The fraction of sp³-hybridized carbons (Fsp3) is 0.340. The monoisotopic (exact) mass is 953 g/mol. The van der Waals surface area contributed by atoms with Gasteiger partial charge in [0.2, 0.25) is 11.8 Å². The van der Waals surface area contributed by atoms with Crippen molar-refractivity contribution < 1.29 is 33.4 Å². The first-order valence-corrected chi connectivity index (χ1v) is 23.9. The summed E-state index contributed by atoms with van der Waals surface area (Å²) in [6, 6.07) is 18.6. The van der Waals surface area contributed by atoms with Crippen LogP contribution in [0, 0.1) is 33.1 Å². The normalized spacial score (nSPS) is 17.3. The number of likely N-dealkylation sites (tertiary alicyclic amines) is 1. The number of hydrogen-bond donors (Lipinski definition) is 3. The first-order chi connectivity index (χ1) is 32.5. The molecule has 2 aliphatic heterocycles. The average molecular weight is 954 g/mol. The Bertz CT molecular complexity index is 3120. The Morgan fingerprint density at radius 2 is 1.65 bits per heavy atom. The second-order valence-corrected chi connectivity index (χ2v) is 20.4. The number of esters is 1. The van der Waals surface area contributed by atoms with E-state index in [1.165, 1.54) is 12.0 Å². The van der Waals surface area contributed by atoms with Gasteiger partial charge in [0.25, 0.3) is 5.89 Å². The van der Waals surface area contributed by atoms with Gasteiger partial charge in [-0.15, -0.1) is 32.9 Å². The summed E-state index contributed by atoms with van der Waals surface area (Å²) in [5.41, 5.74) is 10.0.